The first-order valence-electron chi connectivity index (χ1n) is 5.66. The Hall–Kier alpha value is -1.55. The lowest BCUT2D eigenvalue weighted by Gasteiger charge is -2.17. The Labute approximate surface area is 111 Å². The van der Waals surface area contributed by atoms with Crippen molar-refractivity contribution in [3.8, 4) is 0 Å². The third-order valence-electron chi connectivity index (χ3n) is 2.50. The normalized spacial score (nSPS) is 12.2. The number of carboxylic acids is 1. The Balaban J connectivity index is 2.63. The van der Waals surface area contributed by atoms with Gasteiger partial charge in [0.1, 0.15) is 6.04 Å². The van der Waals surface area contributed by atoms with Gasteiger partial charge in [-0.2, -0.15) is 0 Å². The average molecular weight is 270 g/mol. The number of benzene rings is 1. The quantitative estimate of drug-likeness (QED) is 0.860. The molecule has 1 amide bonds. The summed E-state index contributed by atoms with van der Waals surface area (Å²) < 4.78 is 0. The summed E-state index contributed by atoms with van der Waals surface area (Å²) in [7, 11) is 0. The highest BCUT2D eigenvalue weighted by Gasteiger charge is 2.23. The molecular weight excluding hydrogens is 254 g/mol. The van der Waals surface area contributed by atoms with Crippen molar-refractivity contribution in [1.29, 1.82) is 0 Å². The zero-order valence-electron chi connectivity index (χ0n) is 10.3. The van der Waals surface area contributed by atoms with Crippen LogP contribution in [0.4, 0.5) is 0 Å². The van der Waals surface area contributed by atoms with Crippen molar-refractivity contribution in [2.45, 2.75) is 26.3 Å². The highest BCUT2D eigenvalue weighted by molar-refractivity contribution is 6.30. The number of halogens is 1. The van der Waals surface area contributed by atoms with Crippen molar-refractivity contribution >= 4 is 23.5 Å². The molecule has 5 heteroatoms. The van der Waals surface area contributed by atoms with Crippen LogP contribution in [0, 0.1) is 5.92 Å². The van der Waals surface area contributed by atoms with E-state index in [4.69, 9.17) is 16.7 Å². The standard InChI is InChI=1S/C13H16ClNO3/c1-8(2)12(13(17)18)15-11(16)7-9-4-3-5-10(14)6-9/h3-6,8,12H,7H2,1-2H3,(H,15,16)(H,17,18). The van der Waals surface area contributed by atoms with Crippen LogP contribution in [-0.4, -0.2) is 23.0 Å². The smallest absolute Gasteiger partial charge is 0.326 e. The highest BCUT2D eigenvalue weighted by Crippen LogP contribution is 2.11. The maximum atomic E-state index is 11.7. The second kappa shape index (κ2) is 6.40. The molecule has 0 bridgehead atoms. The van der Waals surface area contributed by atoms with Crippen LogP contribution in [-0.2, 0) is 16.0 Å². The molecule has 18 heavy (non-hydrogen) atoms. The molecule has 0 aromatic heterocycles. The van der Waals surface area contributed by atoms with Crippen molar-refractivity contribution in [2.75, 3.05) is 0 Å². The van der Waals surface area contributed by atoms with E-state index in [1.165, 1.54) is 0 Å². The topological polar surface area (TPSA) is 66.4 Å². The Morgan fingerprint density at radius 2 is 2.06 bits per heavy atom. The molecule has 1 atom stereocenters. The Bertz CT molecular complexity index is 446. The van der Waals surface area contributed by atoms with Crippen molar-refractivity contribution in [3.05, 3.63) is 34.9 Å². The summed E-state index contributed by atoms with van der Waals surface area (Å²) in [6.07, 6.45) is 0.122. The van der Waals surface area contributed by atoms with Gasteiger partial charge in [-0.15, -0.1) is 0 Å². The SMILES string of the molecule is CC(C)C(NC(=O)Cc1cccc(Cl)c1)C(=O)O. The number of amides is 1. The number of aliphatic carboxylic acids is 1. The van der Waals surface area contributed by atoms with E-state index in [9.17, 15) is 9.59 Å². The zero-order valence-corrected chi connectivity index (χ0v) is 11.1. The van der Waals surface area contributed by atoms with Gasteiger partial charge in [-0.3, -0.25) is 4.79 Å². The summed E-state index contributed by atoms with van der Waals surface area (Å²) in [5, 5.41) is 12.0. The molecule has 1 aromatic rings. The van der Waals surface area contributed by atoms with Gasteiger partial charge in [0.25, 0.3) is 0 Å². The Morgan fingerprint density at radius 3 is 2.56 bits per heavy atom. The minimum atomic E-state index is -1.02. The van der Waals surface area contributed by atoms with Crippen LogP contribution in [0.1, 0.15) is 19.4 Å². The van der Waals surface area contributed by atoms with Gasteiger partial charge >= 0.3 is 5.97 Å². The second-order valence-electron chi connectivity index (χ2n) is 4.43. The molecule has 0 radical (unpaired) electrons. The fraction of sp³-hybridized carbons (Fsp3) is 0.385. The average Bonchev–Trinajstić information content (AvgIpc) is 2.25. The summed E-state index contributed by atoms with van der Waals surface area (Å²) in [4.78, 5) is 22.7. The zero-order chi connectivity index (χ0) is 13.7. The van der Waals surface area contributed by atoms with Gasteiger partial charge in [-0.1, -0.05) is 37.6 Å². The van der Waals surface area contributed by atoms with Crippen LogP contribution in [0.2, 0.25) is 5.02 Å². The maximum Gasteiger partial charge on any atom is 0.326 e. The lowest BCUT2D eigenvalue weighted by atomic mass is 10.0. The number of nitrogens with one attached hydrogen (secondary N) is 1. The number of carbonyl (C=O) groups excluding carboxylic acids is 1. The minimum absolute atomic E-state index is 0.122. The monoisotopic (exact) mass is 269 g/mol. The summed E-state index contributed by atoms with van der Waals surface area (Å²) in [5.74, 6) is -1.51. The third-order valence-corrected chi connectivity index (χ3v) is 2.74. The van der Waals surface area contributed by atoms with E-state index in [2.05, 4.69) is 5.32 Å². The van der Waals surface area contributed by atoms with E-state index in [-0.39, 0.29) is 18.2 Å². The van der Waals surface area contributed by atoms with Crippen LogP contribution >= 0.6 is 11.6 Å². The van der Waals surface area contributed by atoms with E-state index < -0.39 is 12.0 Å². The van der Waals surface area contributed by atoms with E-state index >= 15 is 0 Å². The molecule has 0 saturated heterocycles. The molecule has 0 heterocycles. The minimum Gasteiger partial charge on any atom is -0.480 e. The number of rotatable bonds is 5. The van der Waals surface area contributed by atoms with Gasteiger partial charge in [0, 0.05) is 5.02 Å². The fourth-order valence-electron chi connectivity index (χ4n) is 1.57. The molecule has 0 saturated carbocycles. The fourth-order valence-corrected chi connectivity index (χ4v) is 1.78. The molecule has 1 rings (SSSR count). The van der Waals surface area contributed by atoms with Gasteiger partial charge in [0.2, 0.25) is 5.91 Å². The van der Waals surface area contributed by atoms with Crippen molar-refractivity contribution in [2.24, 2.45) is 5.92 Å². The molecule has 1 unspecified atom stereocenters. The van der Waals surface area contributed by atoms with Crippen molar-refractivity contribution in [1.82, 2.24) is 5.32 Å². The summed E-state index contributed by atoms with van der Waals surface area (Å²) in [5.41, 5.74) is 0.757. The molecule has 0 aliphatic rings. The third kappa shape index (κ3) is 4.37. The van der Waals surface area contributed by atoms with Crippen LogP contribution in [0.3, 0.4) is 0 Å². The molecule has 0 spiro atoms. The molecular formula is C13H16ClNO3. The first-order valence-corrected chi connectivity index (χ1v) is 6.04. The number of hydrogen-bond acceptors (Lipinski definition) is 2. The largest absolute Gasteiger partial charge is 0.480 e. The molecule has 4 nitrogen and oxygen atoms in total. The van der Waals surface area contributed by atoms with Gasteiger partial charge in [0.15, 0.2) is 0 Å². The van der Waals surface area contributed by atoms with E-state index in [1.54, 1.807) is 38.1 Å². The molecule has 1 aromatic carbocycles. The van der Waals surface area contributed by atoms with E-state index in [1.807, 2.05) is 0 Å². The first kappa shape index (κ1) is 14.5. The van der Waals surface area contributed by atoms with Gasteiger partial charge in [0.05, 0.1) is 6.42 Å². The summed E-state index contributed by atoms with van der Waals surface area (Å²) in [6, 6.07) is 6.07. The molecule has 0 aliphatic heterocycles. The highest BCUT2D eigenvalue weighted by atomic mass is 35.5. The van der Waals surface area contributed by atoms with Gasteiger partial charge in [-0.05, 0) is 23.6 Å². The van der Waals surface area contributed by atoms with Crippen LogP contribution in [0.15, 0.2) is 24.3 Å². The number of carbonyl (C=O) groups is 2. The number of carboxylic acid groups (broad SMARTS) is 1. The van der Waals surface area contributed by atoms with E-state index in [0.29, 0.717) is 5.02 Å². The van der Waals surface area contributed by atoms with Crippen molar-refractivity contribution < 1.29 is 14.7 Å². The van der Waals surface area contributed by atoms with Gasteiger partial charge in [-0.25, -0.2) is 4.79 Å². The summed E-state index contributed by atoms with van der Waals surface area (Å²) >= 11 is 5.81. The second-order valence-corrected chi connectivity index (χ2v) is 4.87. The lowest BCUT2D eigenvalue weighted by molar-refractivity contribution is -0.143. The van der Waals surface area contributed by atoms with Crippen LogP contribution in [0.25, 0.3) is 0 Å². The van der Waals surface area contributed by atoms with Crippen molar-refractivity contribution in [3.63, 3.8) is 0 Å². The molecule has 0 fully saturated rings. The summed E-state index contributed by atoms with van der Waals surface area (Å²) in [6.45, 7) is 3.50. The number of hydrogen-bond donors (Lipinski definition) is 2. The Morgan fingerprint density at radius 1 is 1.39 bits per heavy atom. The van der Waals surface area contributed by atoms with Crippen LogP contribution in [0.5, 0.6) is 0 Å². The predicted octanol–water partition coefficient (Wildman–Crippen LogP) is 2.11. The van der Waals surface area contributed by atoms with E-state index in [0.717, 1.165) is 5.56 Å². The van der Waals surface area contributed by atoms with Crippen LogP contribution < -0.4 is 5.32 Å². The molecule has 98 valence electrons. The lowest BCUT2D eigenvalue weighted by Crippen LogP contribution is -2.44. The maximum absolute atomic E-state index is 11.7. The Kier molecular flexibility index (Phi) is 5.16. The first-order chi connectivity index (χ1) is 8.40. The molecule has 2 N–H and O–H groups in total. The predicted molar refractivity (Wildman–Crippen MR) is 69.6 cm³/mol. The molecule has 0 aliphatic carbocycles. The van der Waals surface area contributed by atoms with Gasteiger partial charge < -0.3 is 10.4 Å².